The average Bonchev–Trinajstić information content (AvgIpc) is 2.90. The lowest BCUT2D eigenvalue weighted by Gasteiger charge is -2.12. The van der Waals surface area contributed by atoms with Gasteiger partial charge in [0.2, 0.25) is 6.79 Å². The SMILES string of the molecule is CNCc1c(Cl)cccc1Oc1ccc2c(c1)OCO2. The molecular formula is C15H14ClNO3. The quantitative estimate of drug-likeness (QED) is 0.934. The van der Waals surface area contributed by atoms with Gasteiger partial charge >= 0.3 is 0 Å². The Labute approximate surface area is 122 Å². The number of hydrogen-bond acceptors (Lipinski definition) is 4. The molecule has 0 saturated carbocycles. The van der Waals surface area contributed by atoms with Crippen LogP contribution in [-0.2, 0) is 6.54 Å². The maximum Gasteiger partial charge on any atom is 0.231 e. The molecule has 104 valence electrons. The van der Waals surface area contributed by atoms with Crippen LogP contribution >= 0.6 is 11.6 Å². The minimum atomic E-state index is 0.251. The molecule has 4 nitrogen and oxygen atoms in total. The van der Waals surface area contributed by atoms with E-state index in [1.165, 1.54) is 0 Å². The third kappa shape index (κ3) is 2.53. The summed E-state index contributed by atoms with van der Waals surface area (Å²) >= 11 is 6.20. The molecule has 2 aromatic rings. The molecule has 0 saturated heterocycles. The van der Waals surface area contributed by atoms with Gasteiger partial charge in [0.05, 0.1) is 0 Å². The first-order valence-corrected chi connectivity index (χ1v) is 6.65. The van der Waals surface area contributed by atoms with Crippen molar-refractivity contribution >= 4 is 11.6 Å². The smallest absolute Gasteiger partial charge is 0.231 e. The summed E-state index contributed by atoms with van der Waals surface area (Å²) in [5, 5.41) is 3.76. The summed E-state index contributed by atoms with van der Waals surface area (Å²) in [6.45, 7) is 0.889. The van der Waals surface area contributed by atoms with E-state index < -0.39 is 0 Å². The predicted octanol–water partition coefficient (Wildman–Crippen LogP) is 3.58. The maximum absolute atomic E-state index is 6.20. The Balaban J connectivity index is 1.89. The van der Waals surface area contributed by atoms with Crippen molar-refractivity contribution in [1.82, 2.24) is 5.32 Å². The average molecular weight is 292 g/mol. The second-order valence-electron chi connectivity index (χ2n) is 4.36. The molecular weight excluding hydrogens is 278 g/mol. The fourth-order valence-corrected chi connectivity index (χ4v) is 2.28. The van der Waals surface area contributed by atoms with E-state index in [0.717, 1.165) is 17.1 Å². The second kappa shape index (κ2) is 5.61. The summed E-state index contributed by atoms with van der Waals surface area (Å²) in [7, 11) is 1.87. The van der Waals surface area contributed by atoms with Gasteiger partial charge in [0, 0.05) is 23.2 Å². The Hall–Kier alpha value is -1.91. The van der Waals surface area contributed by atoms with Crippen LogP contribution in [0, 0.1) is 0 Å². The molecule has 0 unspecified atom stereocenters. The van der Waals surface area contributed by atoms with Gasteiger partial charge in [-0.25, -0.2) is 0 Å². The lowest BCUT2D eigenvalue weighted by molar-refractivity contribution is 0.174. The summed E-state index contributed by atoms with van der Waals surface area (Å²) in [6, 6.07) is 11.1. The van der Waals surface area contributed by atoms with Gasteiger partial charge in [0.1, 0.15) is 11.5 Å². The predicted molar refractivity (Wildman–Crippen MR) is 76.9 cm³/mol. The van der Waals surface area contributed by atoms with E-state index in [0.29, 0.717) is 23.1 Å². The third-order valence-electron chi connectivity index (χ3n) is 3.00. The zero-order chi connectivity index (χ0) is 13.9. The van der Waals surface area contributed by atoms with E-state index in [9.17, 15) is 0 Å². The Morgan fingerprint density at radius 3 is 2.90 bits per heavy atom. The van der Waals surface area contributed by atoms with Gasteiger partial charge in [-0.15, -0.1) is 0 Å². The topological polar surface area (TPSA) is 39.7 Å². The molecule has 0 fully saturated rings. The van der Waals surface area contributed by atoms with Gasteiger partial charge < -0.3 is 19.5 Å². The fourth-order valence-electron chi connectivity index (χ4n) is 2.05. The zero-order valence-electron chi connectivity index (χ0n) is 11.0. The van der Waals surface area contributed by atoms with Gasteiger partial charge in [0.15, 0.2) is 11.5 Å². The van der Waals surface area contributed by atoms with E-state index in [-0.39, 0.29) is 6.79 Å². The first-order chi connectivity index (χ1) is 9.78. The van der Waals surface area contributed by atoms with Crippen molar-refractivity contribution in [2.45, 2.75) is 6.54 Å². The number of fused-ring (bicyclic) bond motifs is 1. The Morgan fingerprint density at radius 1 is 1.20 bits per heavy atom. The molecule has 0 amide bonds. The summed E-state index contributed by atoms with van der Waals surface area (Å²) in [5.41, 5.74) is 0.925. The van der Waals surface area contributed by atoms with Crippen molar-refractivity contribution in [2.24, 2.45) is 0 Å². The first-order valence-electron chi connectivity index (χ1n) is 6.27. The van der Waals surface area contributed by atoms with Crippen LogP contribution in [0.1, 0.15) is 5.56 Å². The minimum Gasteiger partial charge on any atom is -0.457 e. The normalized spacial score (nSPS) is 12.5. The molecule has 1 heterocycles. The zero-order valence-corrected chi connectivity index (χ0v) is 11.7. The summed E-state index contributed by atoms with van der Waals surface area (Å²) in [5.74, 6) is 2.85. The van der Waals surface area contributed by atoms with Gasteiger partial charge in [-0.3, -0.25) is 0 Å². The van der Waals surface area contributed by atoms with Crippen LogP contribution in [0.4, 0.5) is 0 Å². The molecule has 0 aromatic heterocycles. The van der Waals surface area contributed by atoms with Crippen LogP contribution in [0.25, 0.3) is 0 Å². The van der Waals surface area contributed by atoms with E-state index in [1.807, 2.05) is 43.4 Å². The van der Waals surface area contributed by atoms with Crippen LogP contribution in [0.15, 0.2) is 36.4 Å². The number of rotatable bonds is 4. The largest absolute Gasteiger partial charge is 0.457 e. The molecule has 3 rings (SSSR count). The highest BCUT2D eigenvalue weighted by Crippen LogP contribution is 2.37. The van der Waals surface area contributed by atoms with Crippen molar-refractivity contribution in [3.05, 3.63) is 47.0 Å². The fraction of sp³-hybridized carbons (Fsp3) is 0.200. The van der Waals surface area contributed by atoms with Gasteiger partial charge in [-0.2, -0.15) is 0 Å². The Morgan fingerprint density at radius 2 is 2.05 bits per heavy atom. The Kier molecular flexibility index (Phi) is 3.67. The summed E-state index contributed by atoms with van der Waals surface area (Å²) in [6.07, 6.45) is 0. The highest BCUT2D eigenvalue weighted by atomic mass is 35.5. The van der Waals surface area contributed by atoms with Crippen LogP contribution in [0.5, 0.6) is 23.0 Å². The van der Waals surface area contributed by atoms with Crippen LogP contribution in [0.2, 0.25) is 5.02 Å². The van der Waals surface area contributed by atoms with Gasteiger partial charge in [-0.1, -0.05) is 17.7 Å². The maximum atomic E-state index is 6.20. The van der Waals surface area contributed by atoms with E-state index in [1.54, 1.807) is 0 Å². The minimum absolute atomic E-state index is 0.251. The summed E-state index contributed by atoms with van der Waals surface area (Å²) < 4.78 is 16.5. The molecule has 1 N–H and O–H groups in total. The van der Waals surface area contributed by atoms with Crippen LogP contribution in [-0.4, -0.2) is 13.8 Å². The van der Waals surface area contributed by atoms with E-state index in [4.69, 9.17) is 25.8 Å². The van der Waals surface area contributed by atoms with Gasteiger partial charge in [0.25, 0.3) is 0 Å². The molecule has 1 aliphatic rings. The van der Waals surface area contributed by atoms with Crippen LogP contribution in [0.3, 0.4) is 0 Å². The molecule has 0 aliphatic carbocycles. The van der Waals surface area contributed by atoms with Crippen molar-refractivity contribution in [2.75, 3.05) is 13.8 Å². The van der Waals surface area contributed by atoms with Crippen molar-refractivity contribution in [3.8, 4) is 23.0 Å². The molecule has 2 aromatic carbocycles. The molecule has 0 atom stereocenters. The van der Waals surface area contributed by atoms with Crippen molar-refractivity contribution in [1.29, 1.82) is 0 Å². The molecule has 1 aliphatic heterocycles. The number of benzene rings is 2. The molecule has 0 spiro atoms. The third-order valence-corrected chi connectivity index (χ3v) is 3.36. The standard InChI is InChI=1S/C15H14ClNO3/c1-17-8-11-12(16)3-2-4-13(11)20-10-5-6-14-15(7-10)19-9-18-14/h2-7,17H,8-9H2,1H3. The number of nitrogens with one attached hydrogen (secondary N) is 1. The number of ether oxygens (including phenoxy) is 3. The van der Waals surface area contributed by atoms with E-state index >= 15 is 0 Å². The van der Waals surface area contributed by atoms with E-state index in [2.05, 4.69) is 5.32 Å². The number of hydrogen-bond donors (Lipinski definition) is 1. The van der Waals surface area contributed by atoms with Crippen LogP contribution < -0.4 is 19.5 Å². The highest BCUT2D eigenvalue weighted by molar-refractivity contribution is 6.31. The highest BCUT2D eigenvalue weighted by Gasteiger charge is 2.15. The lowest BCUT2D eigenvalue weighted by atomic mass is 10.2. The second-order valence-corrected chi connectivity index (χ2v) is 4.77. The lowest BCUT2D eigenvalue weighted by Crippen LogP contribution is -2.07. The number of halogens is 1. The van der Waals surface area contributed by atoms with Gasteiger partial charge in [-0.05, 0) is 31.3 Å². The summed E-state index contributed by atoms with van der Waals surface area (Å²) in [4.78, 5) is 0. The molecule has 0 radical (unpaired) electrons. The molecule has 20 heavy (non-hydrogen) atoms. The van der Waals surface area contributed by atoms with Crippen molar-refractivity contribution < 1.29 is 14.2 Å². The Bertz CT molecular complexity index is 631. The molecule has 5 heteroatoms. The monoisotopic (exact) mass is 291 g/mol. The van der Waals surface area contributed by atoms with Crippen molar-refractivity contribution in [3.63, 3.8) is 0 Å². The first kappa shape index (κ1) is 13.1. The molecule has 0 bridgehead atoms.